The molecule has 0 saturated heterocycles. The molecule has 0 bridgehead atoms. The van der Waals surface area contributed by atoms with Gasteiger partial charge in [-0.25, -0.2) is 4.39 Å². The normalized spacial score (nSPS) is 21.4. The summed E-state index contributed by atoms with van der Waals surface area (Å²) in [6, 6.07) is 5.06. The Bertz CT molecular complexity index is 606. The van der Waals surface area contributed by atoms with Crippen LogP contribution in [0.2, 0.25) is 0 Å². The maximum absolute atomic E-state index is 13.0. The Morgan fingerprint density at radius 1 is 1.09 bits per heavy atom. The summed E-state index contributed by atoms with van der Waals surface area (Å²) in [5.41, 5.74) is 0.394. The molecule has 1 aromatic rings. The lowest BCUT2D eigenvalue weighted by molar-refractivity contribution is -0.124. The number of benzene rings is 1. The average Bonchev–Trinajstić information content (AvgIpc) is 3.05. The fourth-order valence-corrected chi connectivity index (χ4v) is 3.25. The van der Waals surface area contributed by atoms with Gasteiger partial charge in [-0.05, 0) is 37.1 Å². The highest BCUT2D eigenvalue weighted by molar-refractivity contribution is 5.98. The number of rotatable bonds is 3. The molecule has 1 fully saturated rings. The van der Waals surface area contributed by atoms with Gasteiger partial charge in [0.2, 0.25) is 5.91 Å². The number of nitrogens with zero attached hydrogens (tertiary/aromatic N) is 1. The highest BCUT2D eigenvalue weighted by Crippen LogP contribution is 2.19. The Balaban J connectivity index is 1.66. The molecule has 2 amide bonds. The fourth-order valence-electron chi connectivity index (χ4n) is 3.25. The molecule has 0 unspecified atom stereocenters. The highest BCUT2D eigenvalue weighted by atomic mass is 19.1. The lowest BCUT2D eigenvalue weighted by atomic mass is 9.95. The van der Waals surface area contributed by atoms with E-state index in [4.69, 9.17) is 0 Å². The predicted molar refractivity (Wildman–Crippen MR) is 85.4 cm³/mol. The molecule has 23 heavy (non-hydrogen) atoms. The standard InChI is InChI=1S/C18H21FN2O2/c19-14-10-8-13(9-11-14)18(23)21-12-4-7-16(21)17(22)20-15-5-2-1-3-6-15/h4,7-11,15-16H,1-3,5-6,12H2,(H,20,22)/t16-/m1/s1. The molecule has 0 spiro atoms. The van der Waals surface area contributed by atoms with Crippen LogP contribution in [0, 0.1) is 5.82 Å². The largest absolute Gasteiger partial charge is 0.351 e. The highest BCUT2D eigenvalue weighted by Gasteiger charge is 2.32. The third-order valence-corrected chi connectivity index (χ3v) is 4.53. The molecule has 2 aliphatic rings. The van der Waals surface area contributed by atoms with Crippen molar-refractivity contribution in [3.05, 3.63) is 47.8 Å². The molecule has 1 N–H and O–H groups in total. The van der Waals surface area contributed by atoms with E-state index in [1.807, 2.05) is 6.08 Å². The van der Waals surface area contributed by atoms with Crippen molar-refractivity contribution in [1.29, 1.82) is 0 Å². The SMILES string of the molecule is O=C(NC1CCCCC1)[C@H]1C=CCN1C(=O)c1ccc(F)cc1. The number of nitrogens with one attached hydrogen (secondary N) is 1. The van der Waals surface area contributed by atoms with E-state index in [-0.39, 0.29) is 23.7 Å². The summed E-state index contributed by atoms with van der Waals surface area (Å²) < 4.78 is 13.0. The molecule has 1 aliphatic heterocycles. The first-order chi connectivity index (χ1) is 11.1. The van der Waals surface area contributed by atoms with Gasteiger partial charge in [0.15, 0.2) is 0 Å². The first-order valence-corrected chi connectivity index (χ1v) is 8.19. The molecule has 0 radical (unpaired) electrons. The number of carbonyl (C=O) groups excluding carboxylic acids is 2. The van der Waals surface area contributed by atoms with Crippen LogP contribution in [0.4, 0.5) is 4.39 Å². The topological polar surface area (TPSA) is 49.4 Å². The van der Waals surface area contributed by atoms with Crippen LogP contribution in [0.25, 0.3) is 0 Å². The van der Waals surface area contributed by atoms with Crippen LogP contribution in [-0.2, 0) is 4.79 Å². The Labute approximate surface area is 135 Å². The van der Waals surface area contributed by atoms with Crippen LogP contribution in [0.1, 0.15) is 42.5 Å². The lowest BCUT2D eigenvalue weighted by Gasteiger charge is -2.28. The molecule has 3 rings (SSSR count). The van der Waals surface area contributed by atoms with E-state index in [1.165, 1.54) is 35.6 Å². The second-order valence-electron chi connectivity index (χ2n) is 6.18. The van der Waals surface area contributed by atoms with E-state index in [1.54, 1.807) is 6.08 Å². The third kappa shape index (κ3) is 3.60. The minimum absolute atomic E-state index is 0.124. The molecule has 5 heteroatoms. The minimum atomic E-state index is -0.575. The Kier molecular flexibility index (Phi) is 4.74. The monoisotopic (exact) mass is 316 g/mol. The number of halogens is 1. The van der Waals surface area contributed by atoms with Gasteiger partial charge in [-0.3, -0.25) is 9.59 Å². The van der Waals surface area contributed by atoms with Crippen molar-refractivity contribution in [2.75, 3.05) is 6.54 Å². The summed E-state index contributed by atoms with van der Waals surface area (Å²) in [7, 11) is 0. The Morgan fingerprint density at radius 2 is 1.78 bits per heavy atom. The van der Waals surface area contributed by atoms with E-state index in [2.05, 4.69) is 5.32 Å². The summed E-state index contributed by atoms with van der Waals surface area (Å²) in [5, 5.41) is 3.06. The number of hydrogen-bond donors (Lipinski definition) is 1. The fraction of sp³-hybridized carbons (Fsp3) is 0.444. The molecular weight excluding hydrogens is 295 g/mol. The molecular formula is C18H21FN2O2. The molecule has 4 nitrogen and oxygen atoms in total. The maximum Gasteiger partial charge on any atom is 0.255 e. The molecule has 1 atom stereocenters. The summed E-state index contributed by atoms with van der Waals surface area (Å²) in [6.07, 6.45) is 9.12. The smallest absolute Gasteiger partial charge is 0.255 e. The lowest BCUT2D eigenvalue weighted by Crippen LogP contribution is -2.49. The molecule has 122 valence electrons. The van der Waals surface area contributed by atoms with Crippen molar-refractivity contribution in [2.24, 2.45) is 0 Å². The summed E-state index contributed by atoms with van der Waals surface area (Å²) >= 11 is 0. The second-order valence-corrected chi connectivity index (χ2v) is 6.18. The number of carbonyl (C=O) groups is 2. The molecule has 1 heterocycles. The zero-order valence-corrected chi connectivity index (χ0v) is 13.0. The molecule has 1 saturated carbocycles. The van der Waals surface area contributed by atoms with Gasteiger partial charge in [0, 0.05) is 18.2 Å². The zero-order valence-electron chi connectivity index (χ0n) is 13.0. The first-order valence-electron chi connectivity index (χ1n) is 8.19. The molecule has 1 aromatic carbocycles. The molecule has 1 aliphatic carbocycles. The molecule has 0 aromatic heterocycles. The zero-order chi connectivity index (χ0) is 16.2. The van der Waals surface area contributed by atoms with Crippen LogP contribution < -0.4 is 5.32 Å². The van der Waals surface area contributed by atoms with Gasteiger partial charge in [0.25, 0.3) is 5.91 Å². The number of hydrogen-bond acceptors (Lipinski definition) is 2. The Hall–Kier alpha value is -2.17. The maximum atomic E-state index is 13.0. The van der Waals surface area contributed by atoms with E-state index >= 15 is 0 Å². The van der Waals surface area contributed by atoms with Crippen molar-refractivity contribution < 1.29 is 14.0 Å². The van der Waals surface area contributed by atoms with Gasteiger partial charge in [-0.2, -0.15) is 0 Å². The average molecular weight is 316 g/mol. The second kappa shape index (κ2) is 6.94. The van der Waals surface area contributed by atoms with Crippen LogP contribution >= 0.6 is 0 Å². The van der Waals surface area contributed by atoms with Crippen LogP contribution in [0.3, 0.4) is 0 Å². The van der Waals surface area contributed by atoms with Crippen molar-refractivity contribution in [3.63, 3.8) is 0 Å². The van der Waals surface area contributed by atoms with E-state index in [9.17, 15) is 14.0 Å². The Morgan fingerprint density at radius 3 is 2.48 bits per heavy atom. The van der Waals surface area contributed by atoms with Crippen molar-refractivity contribution >= 4 is 11.8 Å². The first kappa shape index (κ1) is 15.7. The van der Waals surface area contributed by atoms with Crippen LogP contribution in [-0.4, -0.2) is 35.3 Å². The van der Waals surface area contributed by atoms with Crippen LogP contribution in [0.15, 0.2) is 36.4 Å². The van der Waals surface area contributed by atoms with Gasteiger partial charge in [0.05, 0.1) is 0 Å². The summed E-state index contributed by atoms with van der Waals surface area (Å²) in [6.45, 7) is 0.402. The van der Waals surface area contributed by atoms with Crippen LogP contribution in [0.5, 0.6) is 0 Å². The van der Waals surface area contributed by atoms with Crippen molar-refractivity contribution in [3.8, 4) is 0 Å². The third-order valence-electron chi connectivity index (χ3n) is 4.53. The van der Waals surface area contributed by atoms with E-state index in [0.29, 0.717) is 12.1 Å². The van der Waals surface area contributed by atoms with Gasteiger partial charge < -0.3 is 10.2 Å². The quantitative estimate of drug-likeness (QED) is 0.872. The van der Waals surface area contributed by atoms with Gasteiger partial charge in [-0.15, -0.1) is 0 Å². The van der Waals surface area contributed by atoms with Gasteiger partial charge in [0.1, 0.15) is 11.9 Å². The van der Waals surface area contributed by atoms with E-state index in [0.717, 1.165) is 25.7 Å². The number of amides is 2. The van der Waals surface area contributed by atoms with E-state index < -0.39 is 6.04 Å². The van der Waals surface area contributed by atoms with Gasteiger partial charge >= 0.3 is 0 Å². The summed E-state index contributed by atoms with van der Waals surface area (Å²) in [5.74, 6) is -0.757. The summed E-state index contributed by atoms with van der Waals surface area (Å²) in [4.78, 5) is 26.6. The van der Waals surface area contributed by atoms with Crippen molar-refractivity contribution in [2.45, 2.75) is 44.2 Å². The van der Waals surface area contributed by atoms with Gasteiger partial charge in [-0.1, -0.05) is 31.4 Å². The predicted octanol–water partition coefficient (Wildman–Crippen LogP) is 2.66. The van der Waals surface area contributed by atoms with Crippen molar-refractivity contribution in [1.82, 2.24) is 10.2 Å². The minimum Gasteiger partial charge on any atom is -0.351 e.